The minimum absolute atomic E-state index is 0.0531. The van der Waals surface area contributed by atoms with Crippen LogP contribution in [0.25, 0.3) is 0 Å². The van der Waals surface area contributed by atoms with Crippen molar-refractivity contribution < 1.29 is 19.1 Å². The molecule has 0 radical (unpaired) electrons. The highest BCUT2D eigenvalue weighted by Crippen LogP contribution is 2.42. The summed E-state index contributed by atoms with van der Waals surface area (Å²) in [5, 5.41) is 0. The largest absolute Gasteiger partial charge is 0.460 e. The van der Waals surface area contributed by atoms with E-state index in [2.05, 4.69) is 48.2 Å². The lowest BCUT2D eigenvalue weighted by atomic mass is 9.88. The van der Waals surface area contributed by atoms with Gasteiger partial charge in [-0.3, -0.25) is 14.5 Å². The van der Waals surface area contributed by atoms with Crippen molar-refractivity contribution in [2.24, 2.45) is 11.8 Å². The van der Waals surface area contributed by atoms with E-state index in [-0.39, 0.29) is 36.4 Å². The summed E-state index contributed by atoms with van der Waals surface area (Å²) in [6, 6.07) is 20.8. The Kier molecular flexibility index (Phi) is 8.99. The first-order valence-corrected chi connectivity index (χ1v) is 13.1. The molecule has 5 heteroatoms. The first-order chi connectivity index (χ1) is 16.8. The van der Waals surface area contributed by atoms with Crippen LogP contribution >= 0.6 is 0 Å². The normalized spacial score (nSPS) is 21.3. The number of rotatable bonds is 8. The van der Waals surface area contributed by atoms with E-state index in [0.29, 0.717) is 6.54 Å². The summed E-state index contributed by atoms with van der Waals surface area (Å²) in [5.41, 5.74) is 1.24. The molecule has 0 amide bonds. The van der Waals surface area contributed by atoms with Gasteiger partial charge in [0.25, 0.3) is 0 Å². The van der Waals surface area contributed by atoms with Gasteiger partial charge in [0.2, 0.25) is 0 Å². The third-order valence-corrected chi connectivity index (χ3v) is 6.70. The molecular formula is C31H43NO4. The fourth-order valence-electron chi connectivity index (χ4n) is 5.23. The number of carbonyl (C=O) groups is 2. The van der Waals surface area contributed by atoms with Crippen LogP contribution in [0.1, 0.15) is 84.9 Å². The van der Waals surface area contributed by atoms with Gasteiger partial charge in [-0.1, -0.05) is 60.7 Å². The maximum Gasteiger partial charge on any atom is 0.311 e. The van der Waals surface area contributed by atoms with Crippen LogP contribution < -0.4 is 0 Å². The molecule has 0 aliphatic heterocycles. The SMILES string of the molecule is C[C@H](c1ccccc1)N(Cc1ccccc1)[C@@H]1CC[C@@H](CC(=O)OC(C)(C)C)[C@H]1C(=O)OC(C)(C)C. The Hall–Kier alpha value is -2.66. The van der Waals surface area contributed by atoms with Crippen molar-refractivity contribution in [1.29, 1.82) is 0 Å². The van der Waals surface area contributed by atoms with Gasteiger partial charge in [0.15, 0.2) is 0 Å². The zero-order valence-electron chi connectivity index (χ0n) is 23.0. The molecule has 3 rings (SSSR count). The zero-order chi connectivity index (χ0) is 26.5. The molecule has 0 bridgehead atoms. The Labute approximate surface area is 217 Å². The average molecular weight is 494 g/mol. The molecular weight excluding hydrogens is 450 g/mol. The van der Waals surface area contributed by atoms with E-state index in [1.54, 1.807) is 0 Å². The molecule has 5 nitrogen and oxygen atoms in total. The predicted molar refractivity (Wildman–Crippen MR) is 143 cm³/mol. The highest BCUT2D eigenvalue weighted by molar-refractivity contribution is 5.77. The molecule has 0 unspecified atom stereocenters. The first-order valence-electron chi connectivity index (χ1n) is 13.1. The Morgan fingerprint density at radius 2 is 1.42 bits per heavy atom. The minimum Gasteiger partial charge on any atom is -0.460 e. The fraction of sp³-hybridized carbons (Fsp3) is 0.548. The van der Waals surface area contributed by atoms with Crippen LogP contribution in [0, 0.1) is 11.8 Å². The lowest BCUT2D eigenvalue weighted by Crippen LogP contribution is -2.45. The van der Waals surface area contributed by atoms with Crippen LogP contribution in [0.2, 0.25) is 0 Å². The predicted octanol–water partition coefficient (Wildman–Crippen LogP) is 6.72. The van der Waals surface area contributed by atoms with Crippen molar-refractivity contribution in [3.8, 4) is 0 Å². The zero-order valence-corrected chi connectivity index (χ0v) is 23.0. The van der Waals surface area contributed by atoms with Crippen LogP contribution in [-0.4, -0.2) is 34.1 Å². The first kappa shape index (κ1) is 27.9. The maximum atomic E-state index is 13.7. The third-order valence-electron chi connectivity index (χ3n) is 6.70. The molecule has 0 aromatic heterocycles. The monoisotopic (exact) mass is 493 g/mol. The molecule has 0 heterocycles. The minimum atomic E-state index is -0.601. The van der Waals surface area contributed by atoms with Crippen LogP contribution in [0.3, 0.4) is 0 Å². The van der Waals surface area contributed by atoms with Gasteiger partial charge < -0.3 is 9.47 Å². The summed E-state index contributed by atoms with van der Waals surface area (Å²) < 4.78 is 11.6. The van der Waals surface area contributed by atoms with E-state index in [1.807, 2.05) is 65.8 Å². The van der Waals surface area contributed by atoms with Crippen molar-refractivity contribution >= 4 is 11.9 Å². The highest BCUT2D eigenvalue weighted by Gasteiger charge is 2.47. The second-order valence-corrected chi connectivity index (χ2v) is 12.0. The van der Waals surface area contributed by atoms with Gasteiger partial charge in [0, 0.05) is 25.0 Å². The molecule has 0 saturated heterocycles. The summed E-state index contributed by atoms with van der Waals surface area (Å²) in [6.45, 7) is 14.2. The van der Waals surface area contributed by atoms with E-state index in [4.69, 9.17) is 9.47 Å². The molecule has 1 fully saturated rings. The number of nitrogens with zero attached hydrogens (tertiary/aromatic N) is 1. The topological polar surface area (TPSA) is 55.8 Å². The van der Waals surface area contributed by atoms with Crippen LogP contribution in [0.4, 0.5) is 0 Å². The summed E-state index contributed by atoms with van der Waals surface area (Å²) in [5.74, 6) is -1.02. The van der Waals surface area contributed by atoms with E-state index in [1.165, 1.54) is 11.1 Å². The Bertz CT molecular complexity index is 991. The Morgan fingerprint density at radius 3 is 1.97 bits per heavy atom. The summed E-state index contributed by atoms with van der Waals surface area (Å²) in [7, 11) is 0. The van der Waals surface area contributed by atoms with E-state index >= 15 is 0 Å². The number of ether oxygens (including phenoxy) is 2. The molecule has 1 aliphatic carbocycles. The fourth-order valence-corrected chi connectivity index (χ4v) is 5.23. The molecule has 2 aromatic carbocycles. The Balaban J connectivity index is 1.96. The molecule has 0 spiro atoms. The molecule has 1 aliphatic rings. The summed E-state index contributed by atoms with van der Waals surface area (Å²) in [6.07, 6.45) is 1.82. The maximum absolute atomic E-state index is 13.7. The molecule has 2 aromatic rings. The lowest BCUT2D eigenvalue weighted by molar-refractivity contribution is -0.165. The number of benzene rings is 2. The summed E-state index contributed by atoms with van der Waals surface area (Å²) in [4.78, 5) is 28.9. The van der Waals surface area contributed by atoms with Gasteiger partial charge in [0.1, 0.15) is 11.2 Å². The van der Waals surface area contributed by atoms with Gasteiger partial charge >= 0.3 is 11.9 Å². The molecule has 36 heavy (non-hydrogen) atoms. The smallest absolute Gasteiger partial charge is 0.311 e. The number of esters is 2. The van der Waals surface area contributed by atoms with Gasteiger partial charge in [-0.05, 0) is 78.4 Å². The molecule has 1 saturated carbocycles. The molecule has 0 N–H and O–H groups in total. The number of carbonyl (C=O) groups excluding carboxylic acids is 2. The highest BCUT2D eigenvalue weighted by atomic mass is 16.6. The quantitative estimate of drug-likeness (QED) is 0.382. The number of hydrogen-bond acceptors (Lipinski definition) is 5. The van der Waals surface area contributed by atoms with Crippen LogP contribution in [0.5, 0.6) is 0 Å². The molecule has 196 valence electrons. The Morgan fingerprint density at radius 1 is 0.861 bits per heavy atom. The standard InChI is InChI=1S/C31H43NO4/c1-22(24-16-12-9-13-17-24)32(21-23-14-10-8-11-15-23)26-19-18-25(20-27(33)35-30(2,3)4)28(26)29(34)36-31(5,6)7/h8-17,22,25-26,28H,18-21H2,1-7H3/t22-,25+,26-,28-/m1/s1. The van der Waals surface area contributed by atoms with Crippen molar-refractivity contribution in [3.05, 3.63) is 71.8 Å². The van der Waals surface area contributed by atoms with Crippen LogP contribution in [-0.2, 0) is 25.6 Å². The van der Waals surface area contributed by atoms with Crippen molar-refractivity contribution in [3.63, 3.8) is 0 Å². The molecule has 4 atom stereocenters. The van der Waals surface area contributed by atoms with Crippen molar-refractivity contribution in [2.45, 2.75) is 97.6 Å². The van der Waals surface area contributed by atoms with E-state index in [9.17, 15) is 9.59 Å². The van der Waals surface area contributed by atoms with Crippen molar-refractivity contribution in [1.82, 2.24) is 4.90 Å². The van der Waals surface area contributed by atoms with Gasteiger partial charge in [0.05, 0.1) is 5.92 Å². The van der Waals surface area contributed by atoms with Crippen molar-refractivity contribution in [2.75, 3.05) is 0 Å². The second-order valence-electron chi connectivity index (χ2n) is 12.0. The second kappa shape index (κ2) is 11.6. The number of hydrogen-bond donors (Lipinski definition) is 0. The van der Waals surface area contributed by atoms with E-state index < -0.39 is 17.1 Å². The van der Waals surface area contributed by atoms with Gasteiger partial charge in [-0.25, -0.2) is 0 Å². The lowest BCUT2D eigenvalue weighted by Gasteiger charge is -2.39. The average Bonchev–Trinajstić information content (AvgIpc) is 3.19. The van der Waals surface area contributed by atoms with Gasteiger partial charge in [-0.2, -0.15) is 0 Å². The van der Waals surface area contributed by atoms with E-state index in [0.717, 1.165) is 12.8 Å². The van der Waals surface area contributed by atoms with Crippen LogP contribution in [0.15, 0.2) is 60.7 Å². The summed E-state index contributed by atoms with van der Waals surface area (Å²) >= 11 is 0. The van der Waals surface area contributed by atoms with Gasteiger partial charge in [-0.15, -0.1) is 0 Å². The third kappa shape index (κ3) is 7.92.